The van der Waals surface area contributed by atoms with E-state index in [1.807, 2.05) is 0 Å². The molecule has 1 aliphatic heterocycles. The molecule has 0 radical (unpaired) electrons. The Hall–Kier alpha value is -1.96. The first kappa shape index (κ1) is 15.4. The molecule has 0 aromatic heterocycles. The van der Waals surface area contributed by atoms with Crippen LogP contribution in [-0.2, 0) is 15.0 Å². The van der Waals surface area contributed by atoms with Crippen molar-refractivity contribution in [3.05, 3.63) is 29.8 Å². The fraction of sp³-hybridized carbons (Fsp3) is 0.385. The highest BCUT2D eigenvalue weighted by Gasteiger charge is 2.39. The van der Waals surface area contributed by atoms with Crippen LogP contribution in [0.4, 0.5) is 9.57 Å². The maximum absolute atomic E-state index is 13.0. The zero-order valence-electron chi connectivity index (χ0n) is 11.6. The summed E-state index contributed by atoms with van der Waals surface area (Å²) in [7, 11) is -1.49. The van der Waals surface area contributed by atoms with Gasteiger partial charge in [-0.05, 0) is 24.3 Å². The van der Waals surface area contributed by atoms with Gasteiger partial charge >= 0.3 is 10.2 Å². The number of hydrogen-bond acceptors (Lipinski definition) is 4. The van der Waals surface area contributed by atoms with Crippen LogP contribution in [0, 0.1) is 0 Å². The van der Waals surface area contributed by atoms with Crippen molar-refractivity contribution in [3.63, 3.8) is 0 Å². The van der Waals surface area contributed by atoms with Crippen LogP contribution in [0.5, 0.6) is 0 Å². The normalized spacial score (nSPS) is 18.9. The summed E-state index contributed by atoms with van der Waals surface area (Å²) in [6, 6.07) is 6.17. The van der Waals surface area contributed by atoms with Gasteiger partial charge in [-0.2, -0.15) is 8.42 Å². The van der Waals surface area contributed by atoms with Crippen LogP contribution in [-0.4, -0.2) is 51.0 Å². The first-order valence-corrected chi connectivity index (χ1v) is 7.70. The number of carbonyl (C=O) groups excluding carboxylic acids is 2. The summed E-state index contributed by atoms with van der Waals surface area (Å²) in [6.07, 6.45) is -0.364. The zero-order chi connectivity index (χ0) is 15.8. The maximum Gasteiger partial charge on any atom is 0.307 e. The van der Waals surface area contributed by atoms with E-state index in [1.165, 1.54) is 9.80 Å². The largest absolute Gasteiger partial charge is 0.345 e. The fourth-order valence-electron chi connectivity index (χ4n) is 2.16. The number of benzene rings is 1. The van der Waals surface area contributed by atoms with Crippen LogP contribution in [0.1, 0.15) is 16.8 Å². The van der Waals surface area contributed by atoms with Gasteiger partial charge in [-0.15, -0.1) is 3.89 Å². The summed E-state index contributed by atoms with van der Waals surface area (Å²) in [5, 5.41) is -1.33. The van der Waals surface area contributed by atoms with Crippen LogP contribution in [0.15, 0.2) is 24.3 Å². The van der Waals surface area contributed by atoms with Gasteiger partial charge in [0.05, 0.1) is 0 Å². The molecule has 0 N–H and O–H groups in total. The third kappa shape index (κ3) is 3.21. The Bertz CT molecular complexity index is 670. The van der Waals surface area contributed by atoms with Gasteiger partial charge in [-0.25, -0.2) is 0 Å². The van der Waals surface area contributed by atoms with Crippen molar-refractivity contribution in [1.29, 1.82) is 0 Å². The van der Waals surface area contributed by atoms with Gasteiger partial charge in [0.1, 0.15) is 5.25 Å². The molecule has 1 aromatic rings. The van der Waals surface area contributed by atoms with Crippen LogP contribution in [0.25, 0.3) is 0 Å². The van der Waals surface area contributed by atoms with Crippen LogP contribution in [0.3, 0.4) is 0 Å². The number of halogens is 1. The molecule has 8 heteroatoms. The van der Waals surface area contributed by atoms with E-state index in [9.17, 15) is 21.9 Å². The van der Waals surface area contributed by atoms with E-state index < -0.39 is 21.4 Å². The standard InChI is InChI=1S/C13H15FN2O4S/c1-15(2)13(18)9-3-5-10(6-4-9)16-8-11(7-12(16)17)21(14,19)20/h3-6,11H,7-8H2,1-2H3. The molecular weight excluding hydrogens is 299 g/mol. The summed E-state index contributed by atoms with van der Waals surface area (Å²) in [4.78, 5) is 26.2. The van der Waals surface area contributed by atoms with Gasteiger partial charge in [0, 0.05) is 38.3 Å². The Labute approximate surface area is 122 Å². The SMILES string of the molecule is CN(C)C(=O)c1ccc(N2CC(S(=O)(=O)F)CC2=O)cc1. The van der Waals surface area contributed by atoms with Gasteiger partial charge in [-0.3, -0.25) is 9.59 Å². The van der Waals surface area contributed by atoms with E-state index in [-0.39, 0.29) is 18.9 Å². The molecule has 2 amide bonds. The first-order valence-electron chi connectivity index (χ1n) is 6.25. The number of carbonyl (C=O) groups is 2. The van der Waals surface area contributed by atoms with E-state index in [2.05, 4.69) is 0 Å². The Morgan fingerprint density at radius 2 is 1.86 bits per heavy atom. The van der Waals surface area contributed by atoms with Crippen molar-refractivity contribution < 1.29 is 21.9 Å². The molecule has 1 unspecified atom stereocenters. The molecule has 0 aliphatic carbocycles. The molecular formula is C13H15FN2O4S. The average molecular weight is 314 g/mol. The molecule has 114 valence electrons. The molecule has 1 atom stereocenters. The molecule has 6 nitrogen and oxygen atoms in total. The minimum Gasteiger partial charge on any atom is -0.345 e. The lowest BCUT2D eigenvalue weighted by molar-refractivity contribution is -0.117. The molecule has 21 heavy (non-hydrogen) atoms. The summed E-state index contributed by atoms with van der Waals surface area (Å²) in [5.74, 6) is -0.633. The Balaban J connectivity index is 2.20. The molecule has 1 aromatic carbocycles. The summed E-state index contributed by atoms with van der Waals surface area (Å²) in [5.41, 5.74) is 0.895. The molecule has 1 heterocycles. The van der Waals surface area contributed by atoms with Crippen molar-refractivity contribution >= 4 is 27.7 Å². The third-order valence-electron chi connectivity index (χ3n) is 3.32. The lowest BCUT2D eigenvalue weighted by Crippen LogP contribution is -2.27. The van der Waals surface area contributed by atoms with Gasteiger partial charge < -0.3 is 9.80 Å². The molecule has 0 spiro atoms. The van der Waals surface area contributed by atoms with Crippen molar-refractivity contribution in [2.24, 2.45) is 0 Å². The smallest absolute Gasteiger partial charge is 0.307 e. The topological polar surface area (TPSA) is 74.8 Å². The minimum atomic E-state index is -4.73. The van der Waals surface area contributed by atoms with Gasteiger partial charge in [-0.1, -0.05) is 0 Å². The first-order chi connectivity index (χ1) is 9.70. The molecule has 1 aliphatic rings. The van der Waals surface area contributed by atoms with Crippen LogP contribution < -0.4 is 4.90 Å². The van der Waals surface area contributed by atoms with Crippen molar-refractivity contribution in [2.45, 2.75) is 11.7 Å². The van der Waals surface area contributed by atoms with Crippen LogP contribution in [0.2, 0.25) is 0 Å². The summed E-state index contributed by atoms with van der Waals surface area (Å²) >= 11 is 0. The van der Waals surface area contributed by atoms with Crippen LogP contribution >= 0.6 is 0 Å². The van der Waals surface area contributed by atoms with Gasteiger partial charge in [0.15, 0.2) is 0 Å². The number of nitrogens with zero attached hydrogens (tertiary/aromatic N) is 2. The predicted molar refractivity (Wildman–Crippen MR) is 75.2 cm³/mol. The van der Waals surface area contributed by atoms with Crippen molar-refractivity contribution in [1.82, 2.24) is 4.90 Å². The number of anilines is 1. The second-order valence-electron chi connectivity index (χ2n) is 5.05. The highest BCUT2D eigenvalue weighted by molar-refractivity contribution is 7.87. The summed E-state index contributed by atoms with van der Waals surface area (Å²) in [6.45, 7) is -0.210. The minimum absolute atomic E-state index is 0.182. The molecule has 1 fully saturated rings. The maximum atomic E-state index is 13.0. The second-order valence-corrected chi connectivity index (χ2v) is 6.67. The Morgan fingerprint density at radius 1 is 1.29 bits per heavy atom. The lowest BCUT2D eigenvalue weighted by atomic mass is 10.2. The van der Waals surface area contributed by atoms with Crippen molar-refractivity contribution in [3.8, 4) is 0 Å². The van der Waals surface area contributed by atoms with Crippen molar-refractivity contribution in [2.75, 3.05) is 25.5 Å². The molecule has 1 saturated heterocycles. The number of amides is 2. The lowest BCUT2D eigenvalue weighted by Gasteiger charge is -2.17. The van der Waals surface area contributed by atoms with E-state index in [4.69, 9.17) is 0 Å². The molecule has 0 saturated carbocycles. The molecule has 2 rings (SSSR count). The Kier molecular flexibility index (Phi) is 3.99. The highest BCUT2D eigenvalue weighted by Crippen LogP contribution is 2.26. The highest BCUT2D eigenvalue weighted by atomic mass is 32.3. The van der Waals surface area contributed by atoms with E-state index >= 15 is 0 Å². The number of rotatable bonds is 3. The Morgan fingerprint density at radius 3 is 2.29 bits per heavy atom. The predicted octanol–water partition coefficient (Wildman–Crippen LogP) is 0.793. The average Bonchev–Trinajstić information content (AvgIpc) is 2.80. The third-order valence-corrected chi connectivity index (χ3v) is 4.43. The second kappa shape index (κ2) is 5.44. The van der Waals surface area contributed by atoms with E-state index in [1.54, 1.807) is 38.4 Å². The van der Waals surface area contributed by atoms with Gasteiger partial charge in [0.2, 0.25) is 5.91 Å². The molecule has 0 bridgehead atoms. The fourth-order valence-corrected chi connectivity index (χ4v) is 2.82. The quantitative estimate of drug-likeness (QED) is 0.773. The van der Waals surface area contributed by atoms with E-state index in [0.717, 1.165) is 0 Å². The van der Waals surface area contributed by atoms with E-state index in [0.29, 0.717) is 11.3 Å². The zero-order valence-corrected chi connectivity index (χ0v) is 12.4. The number of hydrogen-bond donors (Lipinski definition) is 0. The van der Waals surface area contributed by atoms with Gasteiger partial charge in [0.25, 0.3) is 5.91 Å². The monoisotopic (exact) mass is 314 g/mol. The summed E-state index contributed by atoms with van der Waals surface area (Å²) < 4.78 is 34.7.